The second-order valence-electron chi connectivity index (χ2n) is 4.27. The first kappa shape index (κ1) is 18.3. The van der Waals surface area contributed by atoms with Crippen molar-refractivity contribution in [2.24, 2.45) is 11.8 Å². The molecule has 0 fully saturated rings. The molecular weight excluding hydrogens is 345 g/mol. The third-order valence-corrected chi connectivity index (χ3v) is 3.36. The average Bonchev–Trinajstić information content (AvgIpc) is 2.27. The number of benzene rings is 1. The molecule has 3 N–H and O–H groups in total. The normalized spacial score (nSPS) is 14.6. The number of nitrogens with two attached hydrogens (primary N) is 1. The van der Waals surface area contributed by atoms with Crippen molar-refractivity contribution in [3.63, 3.8) is 0 Å². The smallest absolute Gasteiger partial charge is 0.271 e. The van der Waals surface area contributed by atoms with E-state index in [9.17, 15) is 26.3 Å². The molecule has 0 aliphatic heterocycles. The maximum Gasteiger partial charge on any atom is 0.402 e. The summed E-state index contributed by atoms with van der Waals surface area (Å²) in [6.45, 7) is 0. The highest BCUT2D eigenvalue weighted by atomic mass is 35.5. The van der Waals surface area contributed by atoms with Gasteiger partial charge in [-0.05, 0) is 24.1 Å². The van der Waals surface area contributed by atoms with E-state index in [1.165, 1.54) is 18.2 Å². The van der Waals surface area contributed by atoms with Gasteiger partial charge in [-0.25, -0.2) is 0 Å². The molecule has 21 heavy (non-hydrogen) atoms. The zero-order valence-corrected chi connectivity index (χ0v) is 11.7. The Kier molecular flexibility index (Phi) is 5.76. The minimum Gasteiger partial charge on any atom is -0.271 e. The first-order chi connectivity index (χ1) is 9.46. The van der Waals surface area contributed by atoms with Gasteiger partial charge in [-0.15, -0.1) is 0 Å². The molecule has 1 rings (SSSR count). The second-order valence-corrected chi connectivity index (χ2v) is 5.12. The van der Waals surface area contributed by atoms with Crippen LogP contribution in [0.5, 0.6) is 0 Å². The highest BCUT2D eigenvalue weighted by Gasteiger charge is 2.60. The van der Waals surface area contributed by atoms with Crippen LogP contribution in [-0.2, 0) is 6.42 Å². The summed E-state index contributed by atoms with van der Waals surface area (Å²) in [4.78, 5) is 0. The molecule has 2 nitrogen and oxygen atoms in total. The van der Waals surface area contributed by atoms with Crippen molar-refractivity contribution in [1.29, 1.82) is 0 Å². The Labute approximate surface area is 126 Å². The number of halogens is 8. The maximum absolute atomic E-state index is 12.7. The number of alkyl halides is 6. The molecule has 10 heteroatoms. The predicted molar refractivity (Wildman–Crippen MR) is 66.9 cm³/mol. The van der Waals surface area contributed by atoms with Crippen LogP contribution in [0.4, 0.5) is 26.3 Å². The molecule has 120 valence electrons. The molecule has 0 heterocycles. The number of hydrazine groups is 1. The first-order valence-corrected chi connectivity index (χ1v) is 6.26. The Morgan fingerprint density at radius 1 is 1.05 bits per heavy atom. The standard InChI is InChI=1S/C11H10Cl2F6N2/c12-6-2-1-5(7(13)4-6)3-8(21-20)9(10(14,15)16)11(17,18)19/h1-2,4,8-9,21H,3,20H2. The van der Waals surface area contributed by atoms with Gasteiger partial charge in [0.15, 0.2) is 5.92 Å². The second kappa shape index (κ2) is 6.60. The summed E-state index contributed by atoms with van der Waals surface area (Å²) in [6, 6.07) is 1.68. The summed E-state index contributed by atoms with van der Waals surface area (Å²) in [7, 11) is 0. The molecule has 1 aromatic carbocycles. The lowest BCUT2D eigenvalue weighted by molar-refractivity contribution is -0.291. The van der Waals surface area contributed by atoms with Crippen LogP contribution in [0.25, 0.3) is 0 Å². The average molecular weight is 355 g/mol. The van der Waals surface area contributed by atoms with Crippen LogP contribution in [0.1, 0.15) is 5.56 Å². The van der Waals surface area contributed by atoms with Gasteiger partial charge >= 0.3 is 12.4 Å². The molecule has 0 spiro atoms. The van der Waals surface area contributed by atoms with Crippen LogP contribution in [0.15, 0.2) is 18.2 Å². The van der Waals surface area contributed by atoms with Gasteiger partial charge in [-0.1, -0.05) is 29.3 Å². The van der Waals surface area contributed by atoms with E-state index in [4.69, 9.17) is 29.0 Å². The summed E-state index contributed by atoms with van der Waals surface area (Å²) in [5, 5.41) is 0.176. The van der Waals surface area contributed by atoms with Crippen molar-refractivity contribution in [3.8, 4) is 0 Å². The molecule has 1 unspecified atom stereocenters. The number of rotatable bonds is 4. The van der Waals surface area contributed by atoms with E-state index in [1.54, 1.807) is 5.43 Å². The largest absolute Gasteiger partial charge is 0.402 e. The van der Waals surface area contributed by atoms with Crippen molar-refractivity contribution in [1.82, 2.24) is 5.43 Å². The van der Waals surface area contributed by atoms with Gasteiger partial charge in [0, 0.05) is 16.1 Å². The quantitative estimate of drug-likeness (QED) is 0.485. The van der Waals surface area contributed by atoms with Gasteiger partial charge in [0.05, 0.1) is 0 Å². The Hall–Kier alpha value is -0.700. The van der Waals surface area contributed by atoms with Gasteiger partial charge in [-0.2, -0.15) is 26.3 Å². The van der Waals surface area contributed by atoms with Crippen LogP contribution in [0.3, 0.4) is 0 Å². The molecule has 1 aromatic rings. The monoisotopic (exact) mass is 354 g/mol. The fourth-order valence-corrected chi connectivity index (χ4v) is 2.32. The Morgan fingerprint density at radius 2 is 1.57 bits per heavy atom. The molecule has 1 atom stereocenters. The van der Waals surface area contributed by atoms with Gasteiger partial charge < -0.3 is 0 Å². The van der Waals surface area contributed by atoms with Crippen LogP contribution in [0.2, 0.25) is 10.0 Å². The van der Waals surface area contributed by atoms with Crippen molar-refractivity contribution in [2.45, 2.75) is 24.8 Å². The lowest BCUT2D eigenvalue weighted by Crippen LogP contribution is -2.54. The first-order valence-electron chi connectivity index (χ1n) is 5.50. The molecule has 0 amide bonds. The van der Waals surface area contributed by atoms with E-state index in [1.807, 2.05) is 0 Å². The highest BCUT2D eigenvalue weighted by Crippen LogP contribution is 2.42. The van der Waals surface area contributed by atoms with Gasteiger partial charge in [-0.3, -0.25) is 11.3 Å². The van der Waals surface area contributed by atoms with Crippen molar-refractivity contribution in [3.05, 3.63) is 33.8 Å². The lowest BCUT2D eigenvalue weighted by Gasteiger charge is -2.30. The summed E-state index contributed by atoms with van der Waals surface area (Å²) in [6.07, 6.45) is -11.6. The molecule has 0 aromatic heterocycles. The van der Waals surface area contributed by atoms with Crippen molar-refractivity contribution in [2.75, 3.05) is 0 Å². The van der Waals surface area contributed by atoms with E-state index in [0.29, 0.717) is 0 Å². The molecule has 0 aliphatic rings. The van der Waals surface area contributed by atoms with Gasteiger partial charge in [0.2, 0.25) is 0 Å². The maximum atomic E-state index is 12.7. The SMILES string of the molecule is NNC(Cc1ccc(Cl)cc1Cl)C(C(F)(F)F)C(F)(F)F. The topological polar surface area (TPSA) is 38.0 Å². The summed E-state index contributed by atoms with van der Waals surface area (Å²) in [5.41, 5.74) is 1.65. The van der Waals surface area contributed by atoms with Crippen molar-refractivity contribution < 1.29 is 26.3 Å². The Bertz CT molecular complexity index is 475. The molecular formula is C11H10Cl2F6N2. The molecule has 0 saturated carbocycles. The lowest BCUT2D eigenvalue weighted by atomic mass is 9.92. The Balaban J connectivity index is 3.10. The molecule has 0 bridgehead atoms. The van der Waals surface area contributed by atoms with Gasteiger partial charge in [0.25, 0.3) is 0 Å². The Morgan fingerprint density at radius 3 is 1.95 bits per heavy atom. The zero-order valence-electron chi connectivity index (χ0n) is 10.2. The van der Waals surface area contributed by atoms with Crippen LogP contribution in [-0.4, -0.2) is 18.4 Å². The molecule has 0 radical (unpaired) electrons. The number of hydrogen-bond donors (Lipinski definition) is 2. The summed E-state index contributed by atoms with van der Waals surface area (Å²) in [5.74, 6) is 1.27. The highest BCUT2D eigenvalue weighted by molar-refractivity contribution is 6.35. The fraction of sp³-hybridized carbons (Fsp3) is 0.455. The molecule has 0 aliphatic carbocycles. The van der Waals surface area contributed by atoms with E-state index in [0.717, 1.165) is 0 Å². The summed E-state index contributed by atoms with van der Waals surface area (Å²) >= 11 is 11.4. The van der Waals surface area contributed by atoms with Crippen LogP contribution >= 0.6 is 23.2 Å². The number of nitrogens with one attached hydrogen (secondary N) is 1. The van der Waals surface area contributed by atoms with E-state index in [-0.39, 0.29) is 15.6 Å². The fourth-order valence-electron chi connectivity index (χ4n) is 1.84. The third kappa shape index (κ3) is 4.91. The summed E-state index contributed by atoms with van der Waals surface area (Å²) < 4.78 is 75.9. The molecule has 0 saturated heterocycles. The zero-order chi connectivity index (χ0) is 16.4. The van der Waals surface area contributed by atoms with E-state index < -0.39 is 30.7 Å². The predicted octanol–water partition coefficient (Wildman–Crippen LogP) is 4.11. The van der Waals surface area contributed by atoms with Gasteiger partial charge in [0.1, 0.15) is 0 Å². The van der Waals surface area contributed by atoms with Crippen molar-refractivity contribution >= 4 is 23.2 Å². The minimum atomic E-state index is -5.49. The minimum absolute atomic E-state index is 0.0363. The van der Waals surface area contributed by atoms with E-state index in [2.05, 4.69) is 0 Å². The van der Waals surface area contributed by atoms with Crippen LogP contribution in [0, 0.1) is 5.92 Å². The van der Waals surface area contributed by atoms with E-state index >= 15 is 0 Å². The third-order valence-electron chi connectivity index (χ3n) is 2.78. The number of hydrogen-bond acceptors (Lipinski definition) is 2. The van der Waals surface area contributed by atoms with Crippen LogP contribution < -0.4 is 11.3 Å².